The summed E-state index contributed by atoms with van der Waals surface area (Å²) in [6, 6.07) is 0. The van der Waals surface area contributed by atoms with E-state index in [0.717, 1.165) is 0 Å². The molecule has 1 heterocycles. The molecule has 6 heteroatoms. The topological polar surface area (TPSA) is 0 Å². The standard InChI is InChI=1S/C5H5F5S/c1-4(8)2(6)5(9,10)11-3(4)7/h2-3H,1H3. The zero-order chi connectivity index (χ0) is 8.86. The van der Waals surface area contributed by atoms with Crippen molar-refractivity contribution in [2.24, 2.45) is 0 Å². The molecule has 0 aromatic carbocycles. The minimum atomic E-state index is -3.94. The Morgan fingerprint density at radius 2 is 1.64 bits per heavy atom. The Morgan fingerprint density at radius 1 is 1.18 bits per heavy atom. The van der Waals surface area contributed by atoms with Gasteiger partial charge < -0.3 is 0 Å². The Kier molecular flexibility index (Phi) is 1.85. The summed E-state index contributed by atoms with van der Waals surface area (Å²) in [5, 5.41) is -3.94. The average Bonchev–Trinajstić information content (AvgIpc) is 1.94. The zero-order valence-electron chi connectivity index (χ0n) is 5.45. The van der Waals surface area contributed by atoms with Gasteiger partial charge in [0.15, 0.2) is 11.2 Å². The first-order chi connectivity index (χ1) is 4.78. The van der Waals surface area contributed by atoms with Gasteiger partial charge in [0.25, 0.3) is 0 Å². The highest BCUT2D eigenvalue weighted by Gasteiger charge is 2.66. The van der Waals surface area contributed by atoms with E-state index in [1.807, 2.05) is 0 Å². The van der Waals surface area contributed by atoms with E-state index in [2.05, 4.69) is 0 Å². The van der Waals surface area contributed by atoms with E-state index in [1.54, 1.807) is 0 Å². The molecule has 0 amide bonds. The van der Waals surface area contributed by atoms with Crippen molar-refractivity contribution in [3.8, 4) is 0 Å². The highest BCUT2D eigenvalue weighted by atomic mass is 32.2. The lowest BCUT2D eigenvalue weighted by atomic mass is 10.1. The fourth-order valence-electron chi connectivity index (χ4n) is 0.757. The molecule has 1 rings (SSSR count). The lowest BCUT2D eigenvalue weighted by molar-refractivity contribution is -0.0580. The highest BCUT2D eigenvalue weighted by Crippen LogP contribution is 2.54. The number of halogens is 5. The summed E-state index contributed by atoms with van der Waals surface area (Å²) >= 11 is -0.612. The van der Waals surface area contributed by atoms with Crippen molar-refractivity contribution in [1.82, 2.24) is 0 Å². The van der Waals surface area contributed by atoms with Crippen molar-refractivity contribution in [2.75, 3.05) is 0 Å². The Morgan fingerprint density at radius 3 is 1.73 bits per heavy atom. The van der Waals surface area contributed by atoms with Crippen LogP contribution in [0.25, 0.3) is 0 Å². The molecule has 0 nitrogen and oxygen atoms in total. The molecule has 0 radical (unpaired) electrons. The minimum Gasteiger partial charge on any atom is -0.236 e. The minimum absolute atomic E-state index is 0.496. The second-order valence-electron chi connectivity index (χ2n) is 2.51. The Hall–Kier alpha value is -0.0000000000000000555. The normalized spacial score (nSPS) is 49.6. The molecular weight excluding hydrogens is 187 g/mol. The summed E-state index contributed by atoms with van der Waals surface area (Å²) in [5.41, 5.74) is -5.57. The molecule has 1 aliphatic rings. The fraction of sp³-hybridized carbons (Fsp3) is 1.00. The molecule has 0 aromatic heterocycles. The predicted molar refractivity (Wildman–Crippen MR) is 31.8 cm³/mol. The van der Waals surface area contributed by atoms with Gasteiger partial charge in [0.1, 0.15) is 0 Å². The zero-order valence-corrected chi connectivity index (χ0v) is 6.27. The predicted octanol–water partition coefficient (Wildman–Crippen LogP) is 2.69. The van der Waals surface area contributed by atoms with Crippen LogP contribution >= 0.6 is 11.8 Å². The molecule has 0 aliphatic carbocycles. The fourth-order valence-corrected chi connectivity index (χ4v) is 1.73. The summed E-state index contributed by atoms with van der Waals surface area (Å²) in [6.07, 6.45) is -3.06. The molecule has 1 saturated heterocycles. The smallest absolute Gasteiger partial charge is 0.236 e. The van der Waals surface area contributed by atoms with Crippen LogP contribution in [-0.2, 0) is 0 Å². The van der Waals surface area contributed by atoms with E-state index in [0.29, 0.717) is 6.92 Å². The van der Waals surface area contributed by atoms with Crippen LogP contribution in [0.3, 0.4) is 0 Å². The van der Waals surface area contributed by atoms with Crippen molar-refractivity contribution in [3.05, 3.63) is 0 Å². The number of hydrogen-bond donors (Lipinski definition) is 0. The van der Waals surface area contributed by atoms with Crippen LogP contribution < -0.4 is 0 Å². The third-order valence-electron chi connectivity index (χ3n) is 1.50. The van der Waals surface area contributed by atoms with E-state index >= 15 is 0 Å². The molecular formula is C5H5F5S. The molecule has 0 bridgehead atoms. The van der Waals surface area contributed by atoms with Crippen molar-refractivity contribution in [2.45, 2.75) is 29.5 Å². The van der Waals surface area contributed by atoms with Crippen LogP contribution in [0.2, 0.25) is 0 Å². The van der Waals surface area contributed by atoms with E-state index < -0.39 is 34.4 Å². The molecule has 0 saturated carbocycles. The second-order valence-corrected chi connectivity index (χ2v) is 3.70. The van der Waals surface area contributed by atoms with Crippen LogP contribution in [0.5, 0.6) is 0 Å². The number of alkyl halides is 5. The monoisotopic (exact) mass is 192 g/mol. The summed E-state index contributed by atoms with van der Waals surface area (Å²) < 4.78 is 61.7. The Balaban J connectivity index is 2.89. The van der Waals surface area contributed by atoms with E-state index in [1.165, 1.54) is 0 Å². The van der Waals surface area contributed by atoms with Crippen molar-refractivity contribution in [1.29, 1.82) is 0 Å². The van der Waals surface area contributed by atoms with Gasteiger partial charge in [-0.1, -0.05) is 0 Å². The van der Waals surface area contributed by atoms with Gasteiger partial charge in [-0.15, -0.1) is 0 Å². The number of hydrogen-bond acceptors (Lipinski definition) is 1. The largest absolute Gasteiger partial charge is 0.330 e. The first kappa shape index (κ1) is 9.09. The third-order valence-corrected chi connectivity index (χ3v) is 2.68. The molecule has 3 atom stereocenters. The van der Waals surface area contributed by atoms with Gasteiger partial charge in [-0.05, 0) is 18.7 Å². The van der Waals surface area contributed by atoms with Crippen molar-refractivity contribution in [3.63, 3.8) is 0 Å². The summed E-state index contributed by atoms with van der Waals surface area (Å²) in [5.74, 6) is 0. The Labute approximate surface area is 64.1 Å². The molecule has 1 aliphatic heterocycles. The number of thioether (sulfide) groups is 1. The quantitative estimate of drug-likeness (QED) is 0.532. The summed E-state index contributed by atoms with van der Waals surface area (Å²) in [7, 11) is 0. The average molecular weight is 192 g/mol. The van der Waals surface area contributed by atoms with Gasteiger partial charge in [0.2, 0.25) is 6.17 Å². The lowest BCUT2D eigenvalue weighted by Crippen LogP contribution is -2.38. The van der Waals surface area contributed by atoms with Gasteiger partial charge in [0, 0.05) is 0 Å². The van der Waals surface area contributed by atoms with Crippen LogP contribution in [0.1, 0.15) is 6.92 Å². The van der Waals surface area contributed by atoms with Crippen molar-refractivity contribution >= 4 is 11.8 Å². The van der Waals surface area contributed by atoms with E-state index in [9.17, 15) is 22.0 Å². The number of rotatable bonds is 0. The first-order valence-electron chi connectivity index (χ1n) is 2.81. The molecule has 1 fully saturated rings. The first-order valence-corrected chi connectivity index (χ1v) is 3.69. The highest BCUT2D eigenvalue weighted by molar-refractivity contribution is 8.01. The van der Waals surface area contributed by atoms with E-state index in [-0.39, 0.29) is 0 Å². The summed E-state index contributed by atoms with van der Waals surface area (Å²) in [6.45, 7) is 0.496. The van der Waals surface area contributed by atoms with Crippen molar-refractivity contribution < 1.29 is 22.0 Å². The van der Waals surface area contributed by atoms with Crippen LogP contribution in [0.4, 0.5) is 22.0 Å². The maximum atomic E-state index is 12.6. The summed E-state index contributed by atoms with van der Waals surface area (Å²) in [4.78, 5) is 0. The van der Waals surface area contributed by atoms with E-state index in [4.69, 9.17) is 0 Å². The maximum absolute atomic E-state index is 12.6. The van der Waals surface area contributed by atoms with Gasteiger partial charge in [-0.25, -0.2) is 13.2 Å². The van der Waals surface area contributed by atoms with Gasteiger partial charge >= 0.3 is 5.25 Å². The Bertz CT molecular complexity index is 168. The third kappa shape index (κ3) is 1.21. The maximum Gasteiger partial charge on any atom is 0.330 e. The SMILES string of the molecule is CC1(F)C(F)SC(F)(F)C1F. The van der Waals surface area contributed by atoms with Crippen LogP contribution in [-0.4, -0.2) is 22.6 Å². The molecule has 66 valence electrons. The molecule has 0 N–H and O–H groups in total. The van der Waals surface area contributed by atoms with Gasteiger partial charge in [-0.3, -0.25) is 0 Å². The molecule has 0 spiro atoms. The molecule has 0 aromatic rings. The molecule has 3 unspecified atom stereocenters. The van der Waals surface area contributed by atoms with Gasteiger partial charge in [0.05, 0.1) is 0 Å². The van der Waals surface area contributed by atoms with Crippen LogP contribution in [0.15, 0.2) is 0 Å². The lowest BCUT2D eigenvalue weighted by Gasteiger charge is -2.17. The second kappa shape index (κ2) is 2.24. The van der Waals surface area contributed by atoms with Crippen LogP contribution in [0, 0.1) is 0 Å². The van der Waals surface area contributed by atoms with Gasteiger partial charge in [-0.2, -0.15) is 8.78 Å². The molecule has 11 heavy (non-hydrogen) atoms.